The van der Waals surface area contributed by atoms with Gasteiger partial charge in [-0.2, -0.15) is 6.92 Å². The molecule has 3 amide bonds. The Bertz CT molecular complexity index is 314. The number of ether oxygens (including phenoxy) is 1. The van der Waals surface area contributed by atoms with E-state index < -0.39 is 12.3 Å². The van der Waals surface area contributed by atoms with Gasteiger partial charge in [0, 0.05) is 13.0 Å². The molecule has 2 N–H and O–H groups in total. The number of amides is 3. The summed E-state index contributed by atoms with van der Waals surface area (Å²) in [5.74, 6) is -0.338. The van der Waals surface area contributed by atoms with E-state index in [1.54, 1.807) is 6.92 Å². The molecule has 110 valence electrons. The maximum absolute atomic E-state index is 11.6. The van der Waals surface area contributed by atoms with Crippen LogP contribution in [0.15, 0.2) is 0 Å². The van der Waals surface area contributed by atoms with Gasteiger partial charge in [0.25, 0.3) is 0 Å². The minimum absolute atomic E-state index is 0. The number of nitrogens with one attached hydrogen (secondary N) is 1. The molecule has 0 aromatic heterocycles. The van der Waals surface area contributed by atoms with E-state index in [2.05, 4.69) is 19.2 Å². The van der Waals surface area contributed by atoms with Gasteiger partial charge in [-0.3, -0.25) is 10.1 Å². The van der Waals surface area contributed by atoms with Crippen molar-refractivity contribution in [2.75, 3.05) is 13.2 Å². The van der Waals surface area contributed by atoms with E-state index in [1.807, 2.05) is 0 Å². The van der Waals surface area contributed by atoms with Crippen molar-refractivity contribution >= 4 is 11.9 Å². The van der Waals surface area contributed by atoms with Gasteiger partial charge in [-0.05, 0) is 6.42 Å². The molecule has 0 aromatic carbocycles. The van der Waals surface area contributed by atoms with Crippen molar-refractivity contribution in [3.8, 4) is 0 Å². The molecule has 6 nitrogen and oxygen atoms in total. The third-order valence-electron chi connectivity index (χ3n) is 2.90. The topological polar surface area (TPSA) is 78.9 Å². The second kappa shape index (κ2) is 8.62. The van der Waals surface area contributed by atoms with Gasteiger partial charge >= 0.3 is 25.8 Å². The summed E-state index contributed by atoms with van der Waals surface area (Å²) in [4.78, 5) is 24.0. The van der Waals surface area contributed by atoms with Gasteiger partial charge in [0.2, 0.25) is 5.91 Å². The summed E-state index contributed by atoms with van der Waals surface area (Å²) >= 11 is 0. The Hall–Kier alpha value is -0.504. The normalized spacial score (nSPS) is 30.1. The van der Waals surface area contributed by atoms with Crippen LogP contribution < -0.4 is 5.32 Å². The van der Waals surface area contributed by atoms with Crippen molar-refractivity contribution in [3.63, 3.8) is 0 Å². The number of hydrogen-bond acceptors (Lipinski definition) is 4. The Morgan fingerprint density at radius 3 is 2.58 bits per heavy atom. The first-order valence-corrected chi connectivity index (χ1v) is 6.02. The van der Waals surface area contributed by atoms with Crippen LogP contribution in [-0.2, 0) is 29.3 Å². The van der Waals surface area contributed by atoms with Crippen molar-refractivity contribution in [1.82, 2.24) is 10.2 Å². The number of aliphatic hydroxyl groups excluding tert-OH is 1. The monoisotopic (exact) mass is 448 g/mol. The van der Waals surface area contributed by atoms with Crippen molar-refractivity contribution < 1.29 is 39.2 Å². The van der Waals surface area contributed by atoms with E-state index in [0.29, 0.717) is 13.0 Å². The van der Waals surface area contributed by atoms with Crippen LogP contribution in [0.2, 0.25) is 0 Å². The average molecular weight is 447 g/mol. The first-order chi connectivity index (χ1) is 8.61. The molecule has 7 heteroatoms. The van der Waals surface area contributed by atoms with Crippen LogP contribution >= 0.6 is 0 Å². The summed E-state index contributed by atoms with van der Waals surface area (Å²) in [6.07, 6.45) is 0.198. The predicted molar refractivity (Wildman–Crippen MR) is 65.1 cm³/mol. The summed E-state index contributed by atoms with van der Waals surface area (Å²) in [7, 11) is 0. The molecule has 0 radical (unpaired) electrons. The van der Waals surface area contributed by atoms with Crippen LogP contribution in [0.1, 0.15) is 19.8 Å². The Balaban J connectivity index is 0.00000103. The zero-order valence-corrected chi connectivity index (χ0v) is 13.5. The van der Waals surface area contributed by atoms with E-state index in [0.717, 1.165) is 0 Å². The summed E-state index contributed by atoms with van der Waals surface area (Å²) in [6.45, 7) is 9.18. The van der Waals surface area contributed by atoms with Crippen LogP contribution in [0, 0.1) is 19.8 Å². The third kappa shape index (κ3) is 4.52. The zero-order valence-electron chi connectivity index (χ0n) is 10.9. The van der Waals surface area contributed by atoms with E-state index in [4.69, 9.17) is 9.84 Å². The molecule has 2 heterocycles. The molecule has 19 heavy (non-hydrogen) atoms. The number of imide groups is 1. The van der Waals surface area contributed by atoms with Crippen LogP contribution in [0.4, 0.5) is 4.79 Å². The quantitative estimate of drug-likeness (QED) is 0.599. The van der Waals surface area contributed by atoms with Crippen molar-refractivity contribution in [1.29, 1.82) is 0 Å². The average Bonchev–Trinajstić information content (AvgIpc) is 2.73. The molecular weight excluding hydrogens is 426 g/mol. The van der Waals surface area contributed by atoms with E-state index in [-0.39, 0.29) is 50.7 Å². The molecule has 0 saturated carbocycles. The number of hydrogen-bond donors (Lipinski definition) is 2. The largest absolute Gasteiger partial charge is 2.00 e. The van der Waals surface area contributed by atoms with Gasteiger partial charge in [-0.25, -0.2) is 4.79 Å². The number of carbonyl (C=O) groups excluding carboxylic acids is 2. The van der Waals surface area contributed by atoms with Crippen LogP contribution in [0.3, 0.4) is 0 Å². The molecule has 2 fully saturated rings. The maximum Gasteiger partial charge on any atom is 2.00 e. The molecule has 0 aromatic rings. The zero-order chi connectivity index (χ0) is 13.7. The van der Waals surface area contributed by atoms with Crippen LogP contribution in [0.5, 0.6) is 0 Å². The second-order valence-corrected chi connectivity index (χ2v) is 4.12. The smallest absolute Gasteiger partial charge is 0.394 e. The molecule has 2 aliphatic rings. The summed E-state index contributed by atoms with van der Waals surface area (Å²) < 4.78 is 5.51. The number of aliphatic hydroxyl groups is 1. The minimum atomic E-state index is -0.440. The van der Waals surface area contributed by atoms with Crippen molar-refractivity contribution in [2.45, 2.75) is 32.1 Å². The number of urea groups is 1. The first kappa shape index (κ1) is 18.5. The summed E-state index contributed by atoms with van der Waals surface area (Å²) in [5.41, 5.74) is 0. The van der Waals surface area contributed by atoms with E-state index in [1.165, 1.54) is 4.90 Å². The van der Waals surface area contributed by atoms with Crippen molar-refractivity contribution in [2.24, 2.45) is 5.92 Å². The molecule has 3 atom stereocenters. The maximum atomic E-state index is 11.6. The molecule has 2 saturated heterocycles. The molecular formula is C12H20N2O4Os. The summed E-state index contributed by atoms with van der Waals surface area (Å²) in [5, 5.41) is 11.2. The molecule has 1 unspecified atom stereocenters. The Labute approximate surface area is 126 Å². The number of nitrogens with zero attached hydrogens (tertiary/aromatic N) is 1. The molecule has 2 aliphatic heterocycles. The Morgan fingerprint density at radius 1 is 1.47 bits per heavy atom. The molecule has 0 aliphatic carbocycles. The van der Waals surface area contributed by atoms with Crippen LogP contribution in [-0.4, -0.2) is 47.4 Å². The molecule has 2 rings (SSSR count). The standard InChI is InChI=1S/C10H15N2O4.C2H5.Os/c1-6-4-7(5-13)16-9(6)12-3-2-8(14)11-10(12)15;1-2;/h6-7,9,13H,1-5H2,(H,11,14,15);1H2,2H3;/q2*-1;+2/t6?,7-,9+;;/m0../s1. The van der Waals surface area contributed by atoms with Crippen LogP contribution in [0.25, 0.3) is 0 Å². The Morgan fingerprint density at radius 2 is 2.11 bits per heavy atom. The SMILES string of the molecule is [CH2-]C.[CH2-]C1C[C@@H](CO)O[C@H]1N1CCC(=O)NC1=O.[Os+2]. The molecule has 0 spiro atoms. The first-order valence-electron chi connectivity index (χ1n) is 6.02. The fraction of sp³-hybridized carbons (Fsp3) is 0.667. The van der Waals surface area contributed by atoms with Gasteiger partial charge in [0.15, 0.2) is 0 Å². The van der Waals surface area contributed by atoms with E-state index in [9.17, 15) is 9.59 Å². The minimum Gasteiger partial charge on any atom is -0.394 e. The third-order valence-corrected chi connectivity index (χ3v) is 2.90. The van der Waals surface area contributed by atoms with Gasteiger partial charge in [0.05, 0.1) is 12.7 Å². The van der Waals surface area contributed by atoms with Gasteiger partial charge in [-0.15, -0.1) is 5.92 Å². The summed E-state index contributed by atoms with van der Waals surface area (Å²) in [6, 6.07) is -0.437. The Kier molecular flexibility index (Phi) is 8.40. The number of rotatable bonds is 2. The van der Waals surface area contributed by atoms with Gasteiger partial charge in [-0.1, -0.05) is 0 Å². The molecule has 0 bridgehead atoms. The van der Waals surface area contributed by atoms with Crippen molar-refractivity contribution in [3.05, 3.63) is 13.8 Å². The van der Waals surface area contributed by atoms with Gasteiger partial charge in [0.1, 0.15) is 6.23 Å². The fourth-order valence-electron chi connectivity index (χ4n) is 2.08. The second-order valence-electron chi connectivity index (χ2n) is 4.12. The predicted octanol–water partition coefficient (Wildman–Crippen LogP) is 0.324. The fourth-order valence-corrected chi connectivity index (χ4v) is 2.08. The number of carbonyl (C=O) groups is 2. The van der Waals surface area contributed by atoms with Gasteiger partial charge < -0.3 is 28.6 Å². The van der Waals surface area contributed by atoms with E-state index >= 15 is 0 Å².